The zero-order valence-corrected chi connectivity index (χ0v) is 13.4. The molecule has 0 aliphatic rings. The molecule has 0 spiro atoms. The lowest BCUT2D eigenvalue weighted by Gasteiger charge is -2.16. The first-order valence-corrected chi connectivity index (χ1v) is 7.57. The van der Waals surface area contributed by atoms with Gasteiger partial charge in [0.25, 0.3) is 5.56 Å². The molecule has 22 heavy (non-hydrogen) atoms. The van der Waals surface area contributed by atoms with Gasteiger partial charge in [0.1, 0.15) is 12.3 Å². The number of hydrogen-bond donors (Lipinski definition) is 0. The number of rotatable bonds is 6. The van der Waals surface area contributed by atoms with Gasteiger partial charge in [-0.25, -0.2) is 4.68 Å². The molecule has 0 aliphatic carbocycles. The molecule has 1 aromatic carbocycles. The van der Waals surface area contributed by atoms with E-state index in [1.165, 1.54) is 4.68 Å². The zero-order valence-electron chi connectivity index (χ0n) is 13.4. The number of benzene rings is 1. The number of ether oxygens (including phenoxy) is 1. The second kappa shape index (κ2) is 7.07. The van der Waals surface area contributed by atoms with Crippen molar-refractivity contribution in [2.45, 2.75) is 33.7 Å². The van der Waals surface area contributed by atoms with E-state index in [2.05, 4.69) is 11.7 Å². The Morgan fingerprint density at radius 3 is 2.64 bits per heavy atom. The minimum atomic E-state index is -0.118. The van der Waals surface area contributed by atoms with Crippen LogP contribution in [0.2, 0.25) is 0 Å². The Morgan fingerprint density at radius 1 is 1.32 bits per heavy atom. The smallest absolute Gasteiger partial charge is 0.278 e. The quantitative estimate of drug-likeness (QED) is 0.768. The molecule has 0 unspecified atom stereocenters. The third kappa shape index (κ3) is 2.96. The Kier molecular flexibility index (Phi) is 5.15. The van der Waals surface area contributed by atoms with Gasteiger partial charge in [0.2, 0.25) is 0 Å². The Morgan fingerprint density at radius 2 is 2.05 bits per heavy atom. The molecule has 2 aromatic rings. The Balaban J connectivity index is 2.80. The van der Waals surface area contributed by atoms with Crippen LogP contribution in [0.5, 0.6) is 5.75 Å². The molecule has 1 aromatic heterocycles. The SMILES string of the molecule is C=CCOc1c(CC)nn(CC)c(=O)c1-c1ccccc1C. The summed E-state index contributed by atoms with van der Waals surface area (Å²) < 4.78 is 7.31. The van der Waals surface area contributed by atoms with Gasteiger partial charge in [-0.05, 0) is 31.4 Å². The minimum absolute atomic E-state index is 0.118. The summed E-state index contributed by atoms with van der Waals surface area (Å²) in [6.45, 7) is 10.5. The Labute approximate surface area is 131 Å². The fraction of sp³-hybridized carbons (Fsp3) is 0.333. The fourth-order valence-electron chi connectivity index (χ4n) is 2.44. The van der Waals surface area contributed by atoms with Crippen LogP contribution in [0.15, 0.2) is 41.7 Å². The highest BCUT2D eigenvalue weighted by Gasteiger charge is 2.20. The van der Waals surface area contributed by atoms with Gasteiger partial charge >= 0.3 is 0 Å². The van der Waals surface area contributed by atoms with Gasteiger partial charge in [0.05, 0.1) is 5.56 Å². The standard InChI is InChI=1S/C18H22N2O2/c1-5-12-22-17-15(6-2)19-20(7-3)18(21)16(17)14-11-9-8-10-13(14)4/h5,8-11H,1,6-7,12H2,2-4H3. The molecule has 0 saturated carbocycles. The van der Waals surface area contributed by atoms with Crippen molar-refractivity contribution < 1.29 is 4.74 Å². The monoisotopic (exact) mass is 298 g/mol. The topological polar surface area (TPSA) is 44.1 Å². The van der Waals surface area contributed by atoms with Gasteiger partial charge in [0.15, 0.2) is 5.75 Å². The average Bonchev–Trinajstić information content (AvgIpc) is 2.54. The first kappa shape index (κ1) is 16.0. The predicted molar refractivity (Wildman–Crippen MR) is 89.4 cm³/mol. The average molecular weight is 298 g/mol. The van der Waals surface area contributed by atoms with Crippen LogP contribution in [0.1, 0.15) is 25.1 Å². The van der Waals surface area contributed by atoms with E-state index in [0.717, 1.165) is 16.8 Å². The molecule has 0 atom stereocenters. The molecule has 4 nitrogen and oxygen atoms in total. The van der Waals surface area contributed by atoms with Gasteiger partial charge < -0.3 is 4.74 Å². The fourth-order valence-corrected chi connectivity index (χ4v) is 2.44. The lowest BCUT2D eigenvalue weighted by molar-refractivity contribution is 0.353. The molecule has 0 saturated heterocycles. The molecular formula is C18H22N2O2. The molecular weight excluding hydrogens is 276 g/mol. The first-order chi connectivity index (χ1) is 10.6. The van der Waals surface area contributed by atoms with E-state index in [0.29, 0.717) is 30.9 Å². The molecule has 0 bridgehead atoms. The van der Waals surface area contributed by atoms with Crippen LogP contribution in [-0.2, 0) is 13.0 Å². The van der Waals surface area contributed by atoms with Crippen LogP contribution in [0, 0.1) is 6.92 Å². The van der Waals surface area contributed by atoms with E-state index >= 15 is 0 Å². The summed E-state index contributed by atoms with van der Waals surface area (Å²) in [5.41, 5.74) is 3.20. The van der Waals surface area contributed by atoms with Crippen LogP contribution in [-0.4, -0.2) is 16.4 Å². The van der Waals surface area contributed by atoms with Crippen LogP contribution < -0.4 is 10.3 Å². The van der Waals surface area contributed by atoms with Crippen molar-refractivity contribution >= 4 is 0 Å². The zero-order chi connectivity index (χ0) is 16.1. The van der Waals surface area contributed by atoms with Crippen LogP contribution in [0.4, 0.5) is 0 Å². The lowest BCUT2D eigenvalue weighted by atomic mass is 10.00. The molecule has 0 fully saturated rings. The van der Waals surface area contributed by atoms with Gasteiger partial charge in [-0.3, -0.25) is 4.79 Å². The molecule has 116 valence electrons. The molecule has 4 heteroatoms. The molecule has 1 heterocycles. The Hall–Kier alpha value is -2.36. The van der Waals surface area contributed by atoms with E-state index in [-0.39, 0.29) is 5.56 Å². The molecule has 0 N–H and O–H groups in total. The van der Waals surface area contributed by atoms with Crippen LogP contribution >= 0.6 is 0 Å². The Bertz CT molecular complexity index is 732. The highest BCUT2D eigenvalue weighted by Crippen LogP contribution is 2.31. The number of nitrogens with zero attached hydrogens (tertiary/aromatic N) is 2. The highest BCUT2D eigenvalue weighted by atomic mass is 16.5. The summed E-state index contributed by atoms with van der Waals surface area (Å²) in [6, 6.07) is 7.84. The molecule has 0 aliphatic heterocycles. The minimum Gasteiger partial charge on any atom is -0.487 e. The third-order valence-corrected chi connectivity index (χ3v) is 3.57. The highest BCUT2D eigenvalue weighted by molar-refractivity contribution is 5.73. The van der Waals surface area contributed by atoms with Crippen LogP contribution in [0.25, 0.3) is 11.1 Å². The predicted octanol–water partition coefficient (Wildman–Crippen LogP) is 3.37. The number of aromatic nitrogens is 2. The van der Waals surface area contributed by atoms with E-state index in [4.69, 9.17) is 4.74 Å². The summed E-state index contributed by atoms with van der Waals surface area (Å²) in [5, 5.41) is 4.42. The normalized spacial score (nSPS) is 10.5. The number of aryl methyl sites for hydroxylation is 3. The van der Waals surface area contributed by atoms with Crippen molar-refractivity contribution in [3.8, 4) is 16.9 Å². The summed E-state index contributed by atoms with van der Waals surface area (Å²) in [5.74, 6) is 0.575. The lowest BCUT2D eigenvalue weighted by Crippen LogP contribution is -2.26. The second-order valence-corrected chi connectivity index (χ2v) is 5.04. The maximum Gasteiger partial charge on any atom is 0.278 e. The van der Waals surface area contributed by atoms with Crippen molar-refractivity contribution in [2.75, 3.05) is 6.61 Å². The molecule has 2 rings (SSSR count). The summed E-state index contributed by atoms with van der Waals surface area (Å²) in [7, 11) is 0. The van der Waals surface area contributed by atoms with Crippen molar-refractivity contribution in [3.63, 3.8) is 0 Å². The van der Waals surface area contributed by atoms with E-state index in [9.17, 15) is 4.79 Å². The summed E-state index contributed by atoms with van der Waals surface area (Å²) in [4.78, 5) is 12.8. The van der Waals surface area contributed by atoms with E-state index in [1.54, 1.807) is 6.08 Å². The maximum absolute atomic E-state index is 12.8. The third-order valence-electron chi connectivity index (χ3n) is 3.57. The largest absolute Gasteiger partial charge is 0.487 e. The van der Waals surface area contributed by atoms with Crippen molar-refractivity contribution in [3.05, 3.63) is 58.5 Å². The first-order valence-electron chi connectivity index (χ1n) is 7.57. The maximum atomic E-state index is 12.8. The van der Waals surface area contributed by atoms with Gasteiger partial charge in [-0.15, -0.1) is 0 Å². The van der Waals surface area contributed by atoms with Crippen molar-refractivity contribution in [1.29, 1.82) is 0 Å². The van der Waals surface area contributed by atoms with E-state index < -0.39 is 0 Å². The van der Waals surface area contributed by atoms with E-state index in [1.807, 2.05) is 45.0 Å². The van der Waals surface area contributed by atoms with Gasteiger partial charge in [-0.2, -0.15) is 5.10 Å². The van der Waals surface area contributed by atoms with Crippen molar-refractivity contribution in [1.82, 2.24) is 9.78 Å². The molecule has 0 radical (unpaired) electrons. The second-order valence-electron chi connectivity index (χ2n) is 5.04. The number of hydrogen-bond acceptors (Lipinski definition) is 3. The summed E-state index contributed by atoms with van der Waals surface area (Å²) >= 11 is 0. The van der Waals surface area contributed by atoms with Gasteiger partial charge in [-0.1, -0.05) is 43.8 Å². The van der Waals surface area contributed by atoms with Crippen molar-refractivity contribution in [2.24, 2.45) is 0 Å². The van der Waals surface area contributed by atoms with Gasteiger partial charge in [0, 0.05) is 6.54 Å². The van der Waals surface area contributed by atoms with Crippen LogP contribution in [0.3, 0.4) is 0 Å². The molecule has 0 amide bonds. The summed E-state index contributed by atoms with van der Waals surface area (Å²) in [6.07, 6.45) is 2.37.